The van der Waals surface area contributed by atoms with Gasteiger partial charge in [-0.25, -0.2) is 8.42 Å². The second kappa shape index (κ2) is 13.1. The molecular formula is C37H40N4O4S. The molecule has 9 heteroatoms. The molecule has 0 aliphatic heterocycles. The summed E-state index contributed by atoms with van der Waals surface area (Å²) in [6.45, 7) is 3.92. The SMILES string of the molecule is Cc1ccccc1Oc1ccccc1S(=O)(=O)NC(C)(Cc1c[nH]c2ccccc12)C(=O)NCC1(c2ccccn2)CCCCC1. The van der Waals surface area contributed by atoms with Gasteiger partial charge in [-0.3, -0.25) is 9.78 Å². The molecule has 238 valence electrons. The highest BCUT2D eigenvalue weighted by molar-refractivity contribution is 7.89. The number of aromatic nitrogens is 2. The predicted octanol–water partition coefficient (Wildman–Crippen LogP) is 6.96. The molecule has 6 rings (SSSR count). The number of aromatic amines is 1. The molecule has 1 aliphatic carbocycles. The second-order valence-electron chi connectivity index (χ2n) is 12.5. The fourth-order valence-electron chi connectivity index (χ4n) is 6.59. The van der Waals surface area contributed by atoms with E-state index in [1.165, 1.54) is 6.07 Å². The molecular weight excluding hydrogens is 596 g/mol. The number of sulfonamides is 1. The van der Waals surface area contributed by atoms with E-state index in [0.29, 0.717) is 12.3 Å². The number of ether oxygens (including phenoxy) is 1. The Kier molecular flexibility index (Phi) is 8.97. The van der Waals surface area contributed by atoms with Gasteiger partial charge in [0.2, 0.25) is 15.9 Å². The summed E-state index contributed by atoms with van der Waals surface area (Å²) in [6, 6.07) is 27.6. The van der Waals surface area contributed by atoms with Gasteiger partial charge in [0.05, 0.1) is 0 Å². The Hall–Kier alpha value is -4.47. The van der Waals surface area contributed by atoms with Crippen molar-refractivity contribution >= 4 is 26.8 Å². The predicted molar refractivity (Wildman–Crippen MR) is 180 cm³/mol. The van der Waals surface area contributed by atoms with Crippen LogP contribution in [0, 0.1) is 6.92 Å². The average Bonchev–Trinajstić information content (AvgIpc) is 3.47. The van der Waals surface area contributed by atoms with E-state index >= 15 is 0 Å². The molecule has 5 aromatic rings. The van der Waals surface area contributed by atoms with Crippen molar-refractivity contribution < 1.29 is 17.9 Å². The van der Waals surface area contributed by atoms with Crippen molar-refractivity contribution in [2.45, 2.75) is 68.2 Å². The monoisotopic (exact) mass is 636 g/mol. The molecule has 1 fully saturated rings. The van der Waals surface area contributed by atoms with Crippen LogP contribution in [0.15, 0.2) is 108 Å². The summed E-state index contributed by atoms with van der Waals surface area (Å²) in [5.41, 5.74) is 1.71. The summed E-state index contributed by atoms with van der Waals surface area (Å²) in [5.74, 6) is 0.326. The first-order valence-electron chi connectivity index (χ1n) is 15.8. The first-order chi connectivity index (χ1) is 22.2. The van der Waals surface area contributed by atoms with E-state index in [2.05, 4.69) is 20.0 Å². The van der Waals surface area contributed by atoms with Crippen LogP contribution in [0.25, 0.3) is 10.9 Å². The molecule has 3 aromatic carbocycles. The molecule has 1 saturated carbocycles. The zero-order valence-corrected chi connectivity index (χ0v) is 27.1. The van der Waals surface area contributed by atoms with E-state index in [1.54, 1.807) is 37.4 Å². The van der Waals surface area contributed by atoms with E-state index in [0.717, 1.165) is 59.8 Å². The molecule has 0 bridgehead atoms. The highest BCUT2D eigenvalue weighted by Crippen LogP contribution is 2.38. The molecule has 1 amide bonds. The number of nitrogens with one attached hydrogen (secondary N) is 3. The molecule has 3 N–H and O–H groups in total. The maximum Gasteiger partial charge on any atom is 0.245 e. The van der Waals surface area contributed by atoms with Crippen LogP contribution < -0.4 is 14.8 Å². The van der Waals surface area contributed by atoms with Gasteiger partial charge in [0, 0.05) is 47.4 Å². The van der Waals surface area contributed by atoms with Crippen LogP contribution in [-0.2, 0) is 26.7 Å². The van der Waals surface area contributed by atoms with Crippen molar-refractivity contribution in [1.82, 2.24) is 20.0 Å². The number of para-hydroxylation sites is 3. The lowest BCUT2D eigenvalue weighted by atomic mass is 9.71. The number of carbonyl (C=O) groups excluding carboxylic acids is 1. The molecule has 0 spiro atoms. The summed E-state index contributed by atoms with van der Waals surface area (Å²) in [5, 5.41) is 4.11. The van der Waals surface area contributed by atoms with E-state index in [-0.39, 0.29) is 22.5 Å². The van der Waals surface area contributed by atoms with Crippen molar-refractivity contribution in [2.24, 2.45) is 0 Å². The third-order valence-electron chi connectivity index (χ3n) is 9.14. The highest BCUT2D eigenvalue weighted by atomic mass is 32.2. The number of fused-ring (bicyclic) bond motifs is 1. The number of rotatable bonds is 11. The summed E-state index contributed by atoms with van der Waals surface area (Å²) >= 11 is 0. The lowest BCUT2D eigenvalue weighted by Gasteiger charge is -2.38. The highest BCUT2D eigenvalue weighted by Gasteiger charge is 2.42. The minimum absolute atomic E-state index is 0.0477. The Labute approximate surface area is 270 Å². The third kappa shape index (κ3) is 6.57. The zero-order valence-electron chi connectivity index (χ0n) is 26.3. The van der Waals surface area contributed by atoms with Gasteiger partial charge in [0.1, 0.15) is 21.9 Å². The van der Waals surface area contributed by atoms with Crippen LogP contribution in [0.3, 0.4) is 0 Å². The van der Waals surface area contributed by atoms with E-state index in [9.17, 15) is 13.2 Å². The molecule has 46 heavy (non-hydrogen) atoms. The molecule has 2 heterocycles. The third-order valence-corrected chi connectivity index (χ3v) is 10.8. The van der Waals surface area contributed by atoms with Gasteiger partial charge in [-0.05, 0) is 74.2 Å². The molecule has 1 unspecified atom stereocenters. The van der Waals surface area contributed by atoms with Crippen LogP contribution >= 0.6 is 0 Å². The summed E-state index contributed by atoms with van der Waals surface area (Å²) in [7, 11) is -4.25. The minimum atomic E-state index is -4.25. The summed E-state index contributed by atoms with van der Waals surface area (Å²) in [6.07, 6.45) is 8.80. The first kappa shape index (κ1) is 31.5. The topological polar surface area (TPSA) is 113 Å². The van der Waals surface area contributed by atoms with E-state index < -0.39 is 21.5 Å². The van der Waals surface area contributed by atoms with Crippen molar-refractivity contribution in [2.75, 3.05) is 6.54 Å². The standard InChI is InChI=1S/C37H40N4O4S/c1-27-14-4-7-17-31(27)45-32-18-8-9-19-33(32)46(43,44)41-36(2,24-28-25-39-30-16-6-5-15-29(28)30)35(42)40-26-37(21-11-3-12-22-37)34-20-10-13-23-38-34/h4-10,13-20,23,25,39,41H,3,11-12,21-22,24,26H2,1-2H3,(H,40,42). The number of hydrogen-bond donors (Lipinski definition) is 3. The van der Waals surface area contributed by atoms with Crippen molar-refractivity contribution in [3.63, 3.8) is 0 Å². The van der Waals surface area contributed by atoms with Crippen molar-refractivity contribution in [3.8, 4) is 11.5 Å². The van der Waals surface area contributed by atoms with Gasteiger partial charge in [0.15, 0.2) is 0 Å². The number of pyridine rings is 1. The van der Waals surface area contributed by atoms with Crippen LogP contribution in [0.2, 0.25) is 0 Å². The largest absolute Gasteiger partial charge is 0.456 e. The number of nitrogens with zero attached hydrogens (tertiary/aromatic N) is 1. The molecule has 1 atom stereocenters. The second-order valence-corrected chi connectivity index (χ2v) is 14.2. The lowest BCUT2D eigenvalue weighted by Crippen LogP contribution is -2.59. The minimum Gasteiger partial charge on any atom is -0.456 e. The van der Waals surface area contributed by atoms with Crippen molar-refractivity contribution in [1.29, 1.82) is 0 Å². The maximum atomic E-state index is 14.4. The number of benzene rings is 3. The smallest absolute Gasteiger partial charge is 0.245 e. The number of carbonyl (C=O) groups is 1. The van der Waals surface area contributed by atoms with Gasteiger partial charge in [-0.1, -0.05) is 73.9 Å². The number of H-pyrrole nitrogens is 1. The fraction of sp³-hybridized carbons (Fsp3) is 0.297. The van der Waals surface area contributed by atoms with Crippen LogP contribution in [0.5, 0.6) is 11.5 Å². The molecule has 1 aliphatic rings. The summed E-state index contributed by atoms with van der Waals surface area (Å²) < 4.78 is 37.4. The molecule has 8 nitrogen and oxygen atoms in total. The quantitative estimate of drug-likeness (QED) is 0.145. The van der Waals surface area contributed by atoms with Crippen LogP contribution in [0.1, 0.15) is 55.8 Å². The zero-order chi connectivity index (χ0) is 32.2. The first-order valence-corrected chi connectivity index (χ1v) is 17.3. The Bertz CT molecular complexity index is 1930. The van der Waals surface area contributed by atoms with E-state index in [4.69, 9.17) is 4.74 Å². The Morgan fingerprint density at radius 3 is 2.37 bits per heavy atom. The van der Waals surface area contributed by atoms with E-state index in [1.807, 2.05) is 73.8 Å². The number of amides is 1. The van der Waals surface area contributed by atoms with Gasteiger partial charge >= 0.3 is 0 Å². The molecule has 0 saturated heterocycles. The Balaban J connectivity index is 1.34. The van der Waals surface area contributed by atoms with Crippen molar-refractivity contribution in [3.05, 3.63) is 120 Å². The van der Waals surface area contributed by atoms with Gasteiger partial charge in [0.25, 0.3) is 0 Å². The molecule has 0 radical (unpaired) electrons. The van der Waals surface area contributed by atoms with Crippen LogP contribution in [-0.4, -0.2) is 36.4 Å². The van der Waals surface area contributed by atoms with Gasteiger partial charge in [-0.15, -0.1) is 0 Å². The Morgan fingerprint density at radius 2 is 1.61 bits per heavy atom. The van der Waals surface area contributed by atoms with Gasteiger partial charge < -0.3 is 15.0 Å². The van der Waals surface area contributed by atoms with Gasteiger partial charge in [-0.2, -0.15) is 4.72 Å². The number of aryl methyl sites for hydroxylation is 1. The maximum absolute atomic E-state index is 14.4. The van der Waals surface area contributed by atoms with Crippen LogP contribution in [0.4, 0.5) is 0 Å². The fourth-order valence-corrected chi connectivity index (χ4v) is 8.09. The normalized spacial score (nSPS) is 16.0. The molecule has 2 aromatic heterocycles. The lowest BCUT2D eigenvalue weighted by molar-refractivity contribution is -0.126. The number of hydrogen-bond acceptors (Lipinski definition) is 5. The average molecular weight is 637 g/mol. The summed E-state index contributed by atoms with van der Waals surface area (Å²) in [4.78, 5) is 22.3. The Morgan fingerprint density at radius 1 is 0.913 bits per heavy atom.